The van der Waals surface area contributed by atoms with E-state index >= 15 is 0 Å². The fourth-order valence-corrected chi connectivity index (χ4v) is 2.03. The van der Waals surface area contributed by atoms with Crippen molar-refractivity contribution in [3.05, 3.63) is 24.0 Å². The van der Waals surface area contributed by atoms with E-state index in [1.807, 2.05) is 17.7 Å². The second-order valence-electron chi connectivity index (χ2n) is 3.03. The Bertz CT molecular complexity index is 541. The minimum absolute atomic E-state index is 0.294. The average Bonchev–Trinajstić information content (AvgIpc) is 2.52. The number of nitrogens with zero attached hydrogens (tertiary/aromatic N) is 3. The SMILES string of the molecule is Cn1c(SCC#N)nc2cc(F)ccc21. The molecule has 3 nitrogen and oxygen atoms in total. The first-order valence-corrected chi connectivity index (χ1v) is 5.32. The molecule has 5 heteroatoms. The second-order valence-corrected chi connectivity index (χ2v) is 3.98. The number of aryl methyl sites for hydroxylation is 1. The van der Waals surface area contributed by atoms with Gasteiger partial charge in [-0.05, 0) is 12.1 Å². The molecule has 0 amide bonds. The molecule has 0 saturated carbocycles. The van der Waals surface area contributed by atoms with Crippen molar-refractivity contribution >= 4 is 22.8 Å². The molecule has 0 fully saturated rings. The molecule has 1 aromatic carbocycles. The smallest absolute Gasteiger partial charge is 0.169 e. The molecule has 0 unspecified atom stereocenters. The number of nitriles is 1. The summed E-state index contributed by atoms with van der Waals surface area (Å²) in [5, 5.41) is 9.20. The van der Waals surface area contributed by atoms with Gasteiger partial charge in [0.15, 0.2) is 5.16 Å². The van der Waals surface area contributed by atoms with Crippen molar-refractivity contribution in [2.24, 2.45) is 7.05 Å². The summed E-state index contributed by atoms with van der Waals surface area (Å²) < 4.78 is 14.8. The van der Waals surface area contributed by atoms with E-state index in [9.17, 15) is 4.39 Å². The Balaban J connectivity index is 2.50. The van der Waals surface area contributed by atoms with Crippen LogP contribution in [0, 0.1) is 17.1 Å². The van der Waals surface area contributed by atoms with E-state index in [2.05, 4.69) is 4.98 Å². The minimum atomic E-state index is -0.294. The van der Waals surface area contributed by atoms with Gasteiger partial charge >= 0.3 is 0 Å². The van der Waals surface area contributed by atoms with Gasteiger partial charge in [0.1, 0.15) is 5.82 Å². The molecule has 15 heavy (non-hydrogen) atoms. The predicted octanol–water partition coefficient (Wildman–Crippen LogP) is 2.33. The number of hydrogen-bond acceptors (Lipinski definition) is 3. The van der Waals surface area contributed by atoms with Gasteiger partial charge in [-0.3, -0.25) is 0 Å². The molecule has 0 radical (unpaired) electrons. The Kier molecular flexibility index (Phi) is 2.60. The van der Waals surface area contributed by atoms with Crippen LogP contribution < -0.4 is 0 Å². The Morgan fingerprint density at radius 1 is 1.60 bits per heavy atom. The molecule has 0 atom stereocenters. The lowest BCUT2D eigenvalue weighted by Crippen LogP contribution is -1.90. The molecule has 0 aliphatic rings. The first-order chi connectivity index (χ1) is 7.22. The molecule has 1 heterocycles. The van der Waals surface area contributed by atoms with Crippen LogP contribution in [0.5, 0.6) is 0 Å². The first-order valence-electron chi connectivity index (χ1n) is 4.34. The maximum Gasteiger partial charge on any atom is 0.169 e. The molecule has 0 N–H and O–H groups in total. The number of aromatic nitrogens is 2. The van der Waals surface area contributed by atoms with Crippen LogP contribution in [0.2, 0.25) is 0 Å². The van der Waals surface area contributed by atoms with Crippen LogP contribution in [-0.2, 0) is 7.05 Å². The monoisotopic (exact) mass is 221 g/mol. The highest BCUT2D eigenvalue weighted by Crippen LogP contribution is 2.22. The Morgan fingerprint density at radius 2 is 2.40 bits per heavy atom. The molecule has 2 aromatic rings. The standard InChI is InChI=1S/C10H8FN3S/c1-14-9-3-2-7(11)6-8(9)13-10(14)15-5-4-12/h2-3,6H,5H2,1H3. The van der Waals surface area contributed by atoms with Crippen molar-refractivity contribution in [1.29, 1.82) is 5.26 Å². The topological polar surface area (TPSA) is 41.6 Å². The summed E-state index contributed by atoms with van der Waals surface area (Å²) in [6, 6.07) is 6.52. The fourth-order valence-electron chi connectivity index (χ4n) is 1.38. The zero-order valence-electron chi connectivity index (χ0n) is 8.07. The predicted molar refractivity (Wildman–Crippen MR) is 57.0 cm³/mol. The molecule has 0 bridgehead atoms. The number of fused-ring (bicyclic) bond motifs is 1. The summed E-state index contributed by atoms with van der Waals surface area (Å²) in [5.41, 5.74) is 1.50. The Hall–Kier alpha value is -1.54. The third kappa shape index (κ3) is 1.81. The van der Waals surface area contributed by atoms with Gasteiger partial charge in [-0.25, -0.2) is 9.37 Å². The van der Waals surface area contributed by atoms with Gasteiger partial charge in [0.05, 0.1) is 22.9 Å². The normalized spacial score (nSPS) is 10.5. The van der Waals surface area contributed by atoms with E-state index in [1.54, 1.807) is 6.07 Å². The highest BCUT2D eigenvalue weighted by atomic mass is 32.2. The van der Waals surface area contributed by atoms with Crippen LogP contribution >= 0.6 is 11.8 Å². The lowest BCUT2D eigenvalue weighted by atomic mass is 10.3. The largest absolute Gasteiger partial charge is 0.322 e. The summed E-state index contributed by atoms with van der Waals surface area (Å²) in [4.78, 5) is 4.25. The van der Waals surface area contributed by atoms with Crippen molar-refractivity contribution < 1.29 is 4.39 Å². The van der Waals surface area contributed by atoms with E-state index in [1.165, 1.54) is 23.9 Å². The lowest BCUT2D eigenvalue weighted by Gasteiger charge is -1.97. The zero-order valence-corrected chi connectivity index (χ0v) is 8.88. The number of hydrogen-bond donors (Lipinski definition) is 0. The summed E-state index contributed by atoms with van der Waals surface area (Å²) in [6.45, 7) is 0. The van der Waals surface area contributed by atoms with Gasteiger partial charge in [0, 0.05) is 13.1 Å². The number of thioether (sulfide) groups is 1. The van der Waals surface area contributed by atoms with E-state index < -0.39 is 0 Å². The van der Waals surface area contributed by atoms with Crippen molar-refractivity contribution in [2.75, 3.05) is 5.75 Å². The van der Waals surface area contributed by atoms with Gasteiger partial charge in [-0.1, -0.05) is 11.8 Å². The molecule has 1 aromatic heterocycles. The van der Waals surface area contributed by atoms with E-state index in [0.29, 0.717) is 11.3 Å². The highest BCUT2D eigenvalue weighted by Gasteiger charge is 2.08. The maximum atomic E-state index is 12.9. The third-order valence-electron chi connectivity index (χ3n) is 2.07. The van der Waals surface area contributed by atoms with Crippen molar-refractivity contribution in [3.8, 4) is 6.07 Å². The van der Waals surface area contributed by atoms with Crippen LogP contribution in [0.25, 0.3) is 11.0 Å². The zero-order chi connectivity index (χ0) is 10.8. The van der Waals surface area contributed by atoms with Crippen LogP contribution in [0.15, 0.2) is 23.4 Å². The number of halogens is 1. The number of benzene rings is 1. The highest BCUT2D eigenvalue weighted by molar-refractivity contribution is 7.99. The summed E-state index contributed by atoms with van der Waals surface area (Å²) in [7, 11) is 1.85. The van der Waals surface area contributed by atoms with Gasteiger partial charge in [-0.2, -0.15) is 5.26 Å². The van der Waals surface area contributed by atoms with Crippen LogP contribution in [0.1, 0.15) is 0 Å². The van der Waals surface area contributed by atoms with E-state index in [4.69, 9.17) is 5.26 Å². The number of rotatable bonds is 2. The van der Waals surface area contributed by atoms with E-state index in [0.717, 1.165) is 10.7 Å². The van der Waals surface area contributed by atoms with Crippen LogP contribution in [0.4, 0.5) is 4.39 Å². The Labute approximate surface area is 90.5 Å². The average molecular weight is 221 g/mol. The molecular weight excluding hydrogens is 213 g/mol. The molecule has 76 valence electrons. The molecule has 2 rings (SSSR count). The fraction of sp³-hybridized carbons (Fsp3) is 0.200. The first kappa shape index (κ1) is 9.99. The van der Waals surface area contributed by atoms with Gasteiger partial charge < -0.3 is 4.57 Å². The molecule has 0 aliphatic heterocycles. The van der Waals surface area contributed by atoms with Crippen molar-refractivity contribution in [3.63, 3.8) is 0 Å². The van der Waals surface area contributed by atoms with Crippen molar-refractivity contribution in [2.45, 2.75) is 5.16 Å². The van der Waals surface area contributed by atoms with Gasteiger partial charge in [-0.15, -0.1) is 0 Å². The molecule has 0 spiro atoms. The lowest BCUT2D eigenvalue weighted by molar-refractivity contribution is 0.629. The van der Waals surface area contributed by atoms with Crippen molar-refractivity contribution in [1.82, 2.24) is 9.55 Å². The minimum Gasteiger partial charge on any atom is -0.322 e. The molecular formula is C10H8FN3S. The summed E-state index contributed by atoms with van der Waals surface area (Å²) in [5.74, 6) is 0.0528. The van der Waals surface area contributed by atoms with E-state index in [-0.39, 0.29) is 5.82 Å². The second kappa shape index (κ2) is 3.91. The maximum absolute atomic E-state index is 12.9. The summed E-state index contributed by atoms with van der Waals surface area (Å²) in [6.07, 6.45) is 0. The molecule has 0 aliphatic carbocycles. The summed E-state index contributed by atoms with van der Waals surface area (Å²) >= 11 is 1.35. The molecule has 0 saturated heterocycles. The Morgan fingerprint density at radius 3 is 3.13 bits per heavy atom. The van der Waals surface area contributed by atoms with Gasteiger partial charge in [0.25, 0.3) is 0 Å². The van der Waals surface area contributed by atoms with Crippen LogP contribution in [0.3, 0.4) is 0 Å². The third-order valence-corrected chi connectivity index (χ3v) is 2.96. The van der Waals surface area contributed by atoms with Gasteiger partial charge in [0.2, 0.25) is 0 Å². The number of imidazole rings is 1. The quantitative estimate of drug-likeness (QED) is 0.731. The van der Waals surface area contributed by atoms with Crippen LogP contribution in [-0.4, -0.2) is 15.3 Å².